The second kappa shape index (κ2) is 5.82. The highest BCUT2D eigenvalue weighted by molar-refractivity contribution is 7.89. The first kappa shape index (κ1) is 14.8. The molecule has 0 saturated carbocycles. The van der Waals surface area contributed by atoms with Crippen LogP contribution >= 0.6 is 0 Å². The average Bonchev–Trinajstić information content (AvgIpc) is 3.01. The monoisotopic (exact) mass is 297 g/mol. The van der Waals surface area contributed by atoms with E-state index in [-0.39, 0.29) is 6.54 Å². The lowest BCUT2D eigenvalue weighted by atomic mass is 10.3. The van der Waals surface area contributed by atoms with E-state index in [1.807, 2.05) is 18.7 Å². The normalized spacial score (nSPS) is 12.2. The minimum atomic E-state index is -3.49. The maximum atomic E-state index is 12.5. The lowest BCUT2D eigenvalue weighted by molar-refractivity contribution is 0.463. The van der Waals surface area contributed by atoms with E-state index in [0.29, 0.717) is 11.4 Å². The smallest absolute Gasteiger partial charge is 0.244 e. The standard InChI is InChI=1S/C13H19N3O3S/c1-14-7-12-6-13(9-15(12)2)20(17,18)16(3)8-11-4-5-19-10-11/h4-6,9-10,14H,7-8H2,1-3H3. The maximum absolute atomic E-state index is 12.5. The second-order valence-corrected chi connectivity index (χ2v) is 6.75. The Bertz CT molecular complexity index is 659. The summed E-state index contributed by atoms with van der Waals surface area (Å²) in [6, 6.07) is 3.45. The summed E-state index contributed by atoms with van der Waals surface area (Å²) in [5.74, 6) is 0. The minimum absolute atomic E-state index is 0.287. The van der Waals surface area contributed by atoms with Crippen molar-refractivity contribution in [2.45, 2.75) is 18.0 Å². The fourth-order valence-electron chi connectivity index (χ4n) is 1.98. The van der Waals surface area contributed by atoms with Crippen LogP contribution in [0.3, 0.4) is 0 Å². The van der Waals surface area contributed by atoms with Crippen LogP contribution in [-0.2, 0) is 30.2 Å². The van der Waals surface area contributed by atoms with E-state index in [4.69, 9.17) is 4.42 Å². The Morgan fingerprint density at radius 3 is 2.80 bits per heavy atom. The highest BCUT2D eigenvalue weighted by Gasteiger charge is 2.23. The van der Waals surface area contributed by atoms with Gasteiger partial charge in [-0.05, 0) is 19.2 Å². The van der Waals surface area contributed by atoms with Crippen molar-refractivity contribution in [2.24, 2.45) is 7.05 Å². The summed E-state index contributed by atoms with van der Waals surface area (Å²) < 4.78 is 33.1. The molecule has 2 aromatic rings. The van der Waals surface area contributed by atoms with Crippen molar-refractivity contribution in [1.29, 1.82) is 0 Å². The van der Waals surface area contributed by atoms with E-state index < -0.39 is 10.0 Å². The van der Waals surface area contributed by atoms with Crippen LogP contribution in [0, 0.1) is 0 Å². The molecule has 0 spiro atoms. The predicted molar refractivity (Wildman–Crippen MR) is 75.5 cm³/mol. The van der Waals surface area contributed by atoms with Gasteiger partial charge >= 0.3 is 0 Å². The number of furan rings is 1. The van der Waals surface area contributed by atoms with E-state index in [1.165, 1.54) is 10.6 Å². The van der Waals surface area contributed by atoms with Crippen LogP contribution in [0.4, 0.5) is 0 Å². The zero-order valence-electron chi connectivity index (χ0n) is 11.8. The molecule has 2 heterocycles. The summed E-state index contributed by atoms with van der Waals surface area (Å²) in [4.78, 5) is 0.302. The third kappa shape index (κ3) is 2.95. The van der Waals surface area contributed by atoms with E-state index in [1.54, 1.807) is 31.6 Å². The van der Waals surface area contributed by atoms with Crippen molar-refractivity contribution < 1.29 is 12.8 Å². The summed E-state index contributed by atoms with van der Waals surface area (Å²) in [7, 11) is 1.73. The molecule has 1 N–H and O–H groups in total. The first-order valence-electron chi connectivity index (χ1n) is 6.22. The molecule has 0 aliphatic heterocycles. The largest absolute Gasteiger partial charge is 0.472 e. The van der Waals surface area contributed by atoms with Crippen molar-refractivity contribution >= 4 is 10.0 Å². The molecule has 2 aromatic heterocycles. The van der Waals surface area contributed by atoms with Crippen molar-refractivity contribution in [3.05, 3.63) is 42.1 Å². The van der Waals surface area contributed by atoms with Crippen molar-refractivity contribution in [1.82, 2.24) is 14.2 Å². The molecule has 0 aromatic carbocycles. The number of hydrogen-bond acceptors (Lipinski definition) is 4. The van der Waals surface area contributed by atoms with Crippen LogP contribution in [0.25, 0.3) is 0 Å². The van der Waals surface area contributed by atoms with Gasteiger partial charge in [-0.25, -0.2) is 8.42 Å². The summed E-state index contributed by atoms with van der Waals surface area (Å²) >= 11 is 0. The third-order valence-corrected chi connectivity index (χ3v) is 4.90. The highest BCUT2D eigenvalue weighted by atomic mass is 32.2. The maximum Gasteiger partial charge on any atom is 0.244 e. The van der Waals surface area contributed by atoms with Crippen LogP contribution in [-0.4, -0.2) is 31.4 Å². The van der Waals surface area contributed by atoms with Gasteiger partial charge < -0.3 is 14.3 Å². The molecule has 0 amide bonds. The Morgan fingerprint density at radius 2 is 2.20 bits per heavy atom. The number of aromatic nitrogens is 1. The Balaban J connectivity index is 2.23. The first-order valence-corrected chi connectivity index (χ1v) is 7.66. The van der Waals surface area contributed by atoms with E-state index >= 15 is 0 Å². The number of sulfonamides is 1. The molecule has 0 aliphatic rings. The van der Waals surface area contributed by atoms with Gasteiger partial charge in [0.2, 0.25) is 10.0 Å². The van der Waals surface area contributed by atoms with Crippen molar-refractivity contribution in [3.63, 3.8) is 0 Å². The predicted octanol–water partition coefficient (Wildman–Crippen LogP) is 1.16. The Kier molecular flexibility index (Phi) is 4.32. The number of nitrogens with zero attached hydrogens (tertiary/aromatic N) is 2. The number of rotatable bonds is 6. The Hall–Kier alpha value is -1.57. The number of hydrogen-bond donors (Lipinski definition) is 1. The highest BCUT2D eigenvalue weighted by Crippen LogP contribution is 2.19. The molecule has 0 radical (unpaired) electrons. The summed E-state index contributed by atoms with van der Waals surface area (Å²) in [6.07, 6.45) is 4.71. The molecule has 0 unspecified atom stereocenters. The lowest BCUT2D eigenvalue weighted by Crippen LogP contribution is -2.26. The summed E-state index contributed by atoms with van der Waals surface area (Å²) in [6.45, 7) is 0.909. The third-order valence-electron chi connectivity index (χ3n) is 3.13. The fraction of sp³-hybridized carbons (Fsp3) is 0.385. The lowest BCUT2D eigenvalue weighted by Gasteiger charge is -2.15. The van der Waals surface area contributed by atoms with Crippen LogP contribution in [0.2, 0.25) is 0 Å². The van der Waals surface area contributed by atoms with Gasteiger partial charge in [0.25, 0.3) is 0 Å². The molecule has 110 valence electrons. The van der Waals surface area contributed by atoms with Crippen LogP contribution in [0.1, 0.15) is 11.3 Å². The van der Waals surface area contributed by atoms with E-state index in [9.17, 15) is 8.42 Å². The van der Waals surface area contributed by atoms with Crippen LogP contribution in [0.5, 0.6) is 0 Å². The molecule has 6 nitrogen and oxygen atoms in total. The zero-order valence-corrected chi connectivity index (χ0v) is 12.6. The molecule has 0 bridgehead atoms. The fourth-order valence-corrected chi connectivity index (χ4v) is 3.23. The van der Waals surface area contributed by atoms with Gasteiger partial charge in [-0.2, -0.15) is 4.31 Å². The Labute approximate surface area is 119 Å². The van der Waals surface area contributed by atoms with Gasteiger partial charge in [-0.3, -0.25) is 0 Å². The van der Waals surface area contributed by atoms with Gasteiger partial charge in [0.15, 0.2) is 0 Å². The van der Waals surface area contributed by atoms with Crippen molar-refractivity contribution in [3.8, 4) is 0 Å². The molecule has 2 rings (SSSR count). The van der Waals surface area contributed by atoms with Gasteiger partial charge in [-0.1, -0.05) is 0 Å². The summed E-state index contributed by atoms with van der Waals surface area (Å²) in [5.41, 5.74) is 1.74. The van der Waals surface area contributed by atoms with E-state index in [2.05, 4.69) is 5.32 Å². The molecular formula is C13H19N3O3S. The molecule has 0 fully saturated rings. The van der Waals surface area contributed by atoms with Gasteiger partial charge in [0.05, 0.1) is 12.5 Å². The average molecular weight is 297 g/mol. The molecule has 0 aliphatic carbocycles. The molecule has 0 saturated heterocycles. The molecule has 0 atom stereocenters. The topological polar surface area (TPSA) is 67.5 Å². The SMILES string of the molecule is CNCc1cc(S(=O)(=O)N(C)Cc2ccoc2)cn1C. The molecular weight excluding hydrogens is 278 g/mol. The second-order valence-electron chi connectivity index (χ2n) is 4.70. The summed E-state index contributed by atoms with van der Waals surface area (Å²) in [5, 5.41) is 3.01. The number of aryl methyl sites for hydroxylation is 1. The first-order chi connectivity index (χ1) is 9.45. The van der Waals surface area contributed by atoms with Crippen LogP contribution < -0.4 is 5.32 Å². The quantitative estimate of drug-likeness (QED) is 0.869. The van der Waals surface area contributed by atoms with Gasteiger partial charge in [-0.15, -0.1) is 0 Å². The van der Waals surface area contributed by atoms with Crippen LogP contribution in [0.15, 0.2) is 40.2 Å². The zero-order chi connectivity index (χ0) is 14.8. The minimum Gasteiger partial charge on any atom is -0.472 e. The Morgan fingerprint density at radius 1 is 1.45 bits per heavy atom. The van der Waals surface area contributed by atoms with Gasteiger partial charge in [0, 0.05) is 44.6 Å². The molecule has 7 heteroatoms. The van der Waals surface area contributed by atoms with E-state index in [0.717, 1.165) is 11.3 Å². The van der Waals surface area contributed by atoms with Gasteiger partial charge in [0.1, 0.15) is 4.90 Å². The number of nitrogens with one attached hydrogen (secondary N) is 1. The van der Waals surface area contributed by atoms with Crippen molar-refractivity contribution in [2.75, 3.05) is 14.1 Å². The molecule has 20 heavy (non-hydrogen) atoms.